The molecule has 3 N–H and O–H groups in total. The molecule has 0 atom stereocenters. The van der Waals surface area contributed by atoms with Crippen molar-refractivity contribution in [3.63, 3.8) is 0 Å². The van der Waals surface area contributed by atoms with Crippen LogP contribution >= 0.6 is 22.9 Å². The van der Waals surface area contributed by atoms with Crippen molar-refractivity contribution in [1.29, 1.82) is 0 Å². The van der Waals surface area contributed by atoms with Crippen molar-refractivity contribution in [2.75, 3.05) is 17.2 Å². The molecule has 0 aliphatic heterocycles. The number of carbonyl (C=O) groups is 3. The summed E-state index contributed by atoms with van der Waals surface area (Å²) in [6.07, 6.45) is 1.57. The Hall–Kier alpha value is -3.42. The van der Waals surface area contributed by atoms with E-state index in [1.165, 1.54) is 23.5 Å². The fraction of sp³-hybridized carbons (Fsp3) is 0.0455. The molecule has 0 bridgehead atoms. The quantitative estimate of drug-likeness (QED) is 0.461. The number of hydrogen-bond acceptors (Lipinski definition) is 4. The van der Waals surface area contributed by atoms with Crippen molar-refractivity contribution in [1.82, 2.24) is 5.32 Å². The summed E-state index contributed by atoms with van der Waals surface area (Å²) in [5.74, 6) is -1.08. The summed E-state index contributed by atoms with van der Waals surface area (Å²) in [6, 6.07) is 14.7. The molecule has 0 aliphatic carbocycles. The minimum Gasteiger partial charge on any atom is -0.349 e. The first-order valence-electron chi connectivity index (χ1n) is 8.93. The van der Waals surface area contributed by atoms with Crippen LogP contribution < -0.4 is 16.0 Å². The smallest absolute Gasteiger partial charge is 0.265 e. The van der Waals surface area contributed by atoms with Gasteiger partial charge in [0.1, 0.15) is 0 Å². The van der Waals surface area contributed by atoms with Gasteiger partial charge in [0, 0.05) is 12.1 Å². The Bertz CT molecular complexity index is 1100. The van der Waals surface area contributed by atoms with Crippen LogP contribution in [-0.2, 0) is 0 Å². The predicted molar refractivity (Wildman–Crippen MR) is 121 cm³/mol. The topological polar surface area (TPSA) is 87.3 Å². The van der Waals surface area contributed by atoms with Gasteiger partial charge in [0.25, 0.3) is 17.7 Å². The monoisotopic (exact) mass is 439 g/mol. The molecule has 1 aromatic heterocycles. The highest BCUT2D eigenvalue weighted by atomic mass is 35.5. The minimum absolute atomic E-state index is 0.280. The zero-order valence-electron chi connectivity index (χ0n) is 15.8. The van der Waals surface area contributed by atoms with Gasteiger partial charge in [0.05, 0.1) is 26.8 Å². The highest BCUT2D eigenvalue weighted by molar-refractivity contribution is 7.12. The molecule has 3 aromatic rings. The third-order valence-electron chi connectivity index (χ3n) is 4.05. The molecule has 1 heterocycles. The lowest BCUT2D eigenvalue weighted by molar-refractivity contribution is 0.0958. The fourth-order valence-corrected chi connectivity index (χ4v) is 3.38. The lowest BCUT2D eigenvalue weighted by atomic mass is 10.1. The largest absolute Gasteiger partial charge is 0.349 e. The molecule has 2 aromatic carbocycles. The highest BCUT2D eigenvalue weighted by Gasteiger charge is 2.16. The van der Waals surface area contributed by atoms with Crippen LogP contribution in [0, 0.1) is 0 Å². The summed E-state index contributed by atoms with van der Waals surface area (Å²) < 4.78 is 0. The zero-order valence-corrected chi connectivity index (χ0v) is 17.3. The summed E-state index contributed by atoms with van der Waals surface area (Å²) in [7, 11) is 0. The van der Waals surface area contributed by atoms with Crippen LogP contribution in [0.4, 0.5) is 11.4 Å². The molecule has 8 heteroatoms. The summed E-state index contributed by atoms with van der Waals surface area (Å²) in [6.45, 7) is 3.88. The molecule has 3 amide bonds. The van der Waals surface area contributed by atoms with Gasteiger partial charge in [-0.25, -0.2) is 0 Å². The van der Waals surface area contributed by atoms with Gasteiger partial charge in [0.15, 0.2) is 0 Å². The Morgan fingerprint density at radius 2 is 1.70 bits per heavy atom. The number of thiophene rings is 1. The maximum absolute atomic E-state index is 12.8. The van der Waals surface area contributed by atoms with E-state index in [-0.39, 0.29) is 17.4 Å². The molecule has 30 heavy (non-hydrogen) atoms. The van der Waals surface area contributed by atoms with Crippen LogP contribution in [0.15, 0.2) is 72.6 Å². The van der Waals surface area contributed by atoms with E-state index in [0.717, 1.165) is 0 Å². The number of hydrogen-bond donors (Lipinski definition) is 3. The van der Waals surface area contributed by atoms with Crippen LogP contribution in [0.3, 0.4) is 0 Å². The number of benzene rings is 2. The van der Waals surface area contributed by atoms with Crippen LogP contribution in [0.25, 0.3) is 0 Å². The van der Waals surface area contributed by atoms with E-state index in [4.69, 9.17) is 11.6 Å². The lowest BCUT2D eigenvalue weighted by Crippen LogP contribution is -2.25. The number of halogens is 1. The molecule has 0 saturated heterocycles. The molecule has 0 fully saturated rings. The molecule has 152 valence electrons. The standard InChI is InChI=1S/C22H18ClN3O3S/c1-2-11-24-21(28)15-6-3-4-7-17(15)25-20(27)14-9-10-16(23)18(13-14)26-22(29)19-8-5-12-30-19/h2-10,12-13H,1,11H2,(H,24,28)(H,25,27)(H,26,29). The highest BCUT2D eigenvalue weighted by Crippen LogP contribution is 2.25. The van der Waals surface area contributed by atoms with Crippen molar-refractivity contribution in [3.05, 3.63) is 93.7 Å². The van der Waals surface area contributed by atoms with E-state index in [1.54, 1.807) is 53.9 Å². The minimum atomic E-state index is -0.442. The predicted octanol–water partition coefficient (Wildman–Crippen LogP) is 4.82. The lowest BCUT2D eigenvalue weighted by Gasteiger charge is -2.12. The SMILES string of the molecule is C=CCNC(=O)c1ccccc1NC(=O)c1ccc(Cl)c(NC(=O)c2cccs2)c1. The molecule has 0 unspecified atom stereocenters. The molecular formula is C22H18ClN3O3S. The van der Waals surface area contributed by atoms with E-state index in [9.17, 15) is 14.4 Å². The van der Waals surface area contributed by atoms with Crippen molar-refractivity contribution in [3.8, 4) is 0 Å². The average molecular weight is 440 g/mol. The molecular weight excluding hydrogens is 422 g/mol. The van der Waals surface area contributed by atoms with Crippen LogP contribution in [0.1, 0.15) is 30.4 Å². The van der Waals surface area contributed by atoms with E-state index in [0.29, 0.717) is 33.4 Å². The van der Waals surface area contributed by atoms with Gasteiger partial charge in [0.2, 0.25) is 0 Å². The molecule has 6 nitrogen and oxygen atoms in total. The summed E-state index contributed by atoms with van der Waals surface area (Å²) >= 11 is 7.48. The Morgan fingerprint density at radius 3 is 2.43 bits per heavy atom. The second-order valence-electron chi connectivity index (χ2n) is 6.12. The zero-order chi connectivity index (χ0) is 21.5. The van der Waals surface area contributed by atoms with Crippen LogP contribution in [-0.4, -0.2) is 24.3 Å². The number of anilines is 2. The molecule has 0 spiro atoms. The molecule has 0 radical (unpaired) electrons. The van der Waals surface area contributed by atoms with E-state index in [1.807, 2.05) is 0 Å². The van der Waals surface area contributed by atoms with Gasteiger partial charge in [-0.2, -0.15) is 0 Å². The summed E-state index contributed by atoms with van der Waals surface area (Å²) in [5, 5.41) is 10.2. The number of para-hydroxylation sites is 1. The first-order chi connectivity index (χ1) is 14.5. The summed E-state index contributed by atoms with van der Waals surface area (Å²) in [5.41, 5.74) is 1.29. The van der Waals surface area contributed by atoms with E-state index >= 15 is 0 Å². The van der Waals surface area contributed by atoms with E-state index in [2.05, 4.69) is 22.5 Å². The van der Waals surface area contributed by atoms with Gasteiger partial charge < -0.3 is 16.0 Å². The molecule has 3 rings (SSSR count). The Morgan fingerprint density at radius 1 is 0.933 bits per heavy atom. The Balaban J connectivity index is 1.79. The van der Waals surface area contributed by atoms with E-state index < -0.39 is 5.91 Å². The maximum atomic E-state index is 12.8. The molecule has 0 saturated carbocycles. The molecule has 0 aliphatic rings. The van der Waals surface area contributed by atoms with Gasteiger partial charge in [-0.3, -0.25) is 14.4 Å². The van der Waals surface area contributed by atoms with Crippen molar-refractivity contribution < 1.29 is 14.4 Å². The van der Waals surface area contributed by atoms with Crippen LogP contribution in [0.5, 0.6) is 0 Å². The number of rotatable bonds is 7. The second kappa shape index (κ2) is 9.87. The Kier molecular flexibility index (Phi) is 7.00. The fourth-order valence-electron chi connectivity index (χ4n) is 2.60. The van der Waals surface area contributed by atoms with Crippen molar-refractivity contribution >= 4 is 52.0 Å². The maximum Gasteiger partial charge on any atom is 0.265 e. The average Bonchev–Trinajstić information content (AvgIpc) is 3.29. The third kappa shape index (κ3) is 5.14. The first kappa shape index (κ1) is 21.3. The van der Waals surface area contributed by atoms with Gasteiger partial charge >= 0.3 is 0 Å². The summed E-state index contributed by atoms with van der Waals surface area (Å²) in [4.78, 5) is 37.9. The Labute approximate surface area is 182 Å². The van der Waals surface area contributed by atoms with Crippen molar-refractivity contribution in [2.24, 2.45) is 0 Å². The van der Waals surface area contributed by atoms with Gasteiger partial charge in [-0.05, 0) is 41.8 Å². The first-order valence-corrected chi connectivity index (χ1v) is 10.2. The second-order valence-corrected chi connectivity index (χ2v) is 7.48. The number of carbonyl (C=O) groups excluding carboxylic acids is 3. The number of nitrogens with one attached hydrogen (secondary N) is 3. The normalized spacial score (nSPS) is 10.2. The number of amides is 3. The van der Waals surface area contributed by atoms with Crippen LogP contribution in [0.2, 0.25) is 5.02 Å². The van der Waals surface area contributed by atoms with Crippen molar-refractivity contribution in [2.45, 2.75) is 0 Å². The third-order valence-corrected chi connectivity index (χ3v) is 5.25. The van der Waals surface area contributed by atoms with Gasteiger partial charge in [-0.15, -0.1) is 17.9 Å². The van der Waals surface area contributed by atoms with Gasteiger partial charge in [-0.1, -0.05) is 35.9 Å².